The van der Waals surface area contributed by atoms with Crippen LogP contribution in [0, 0.1) is 5.82 Å². The van der Waals surface area contributed by atoms with Gasteiger partial charge in [-0.1, -0.05) is 12.1 Å². The predicted molar refractivity (Wildman–Crippen MR) is 93.2 cm³/mol. The van der Waals surface area contributed by atoms with Crippen LogP contribution in [-0.4, -0.2) is 48.0 Å². The topological polar surface area (TPSA) is 74.2 Å². The van der Waals surface area contributed by atoms with E-state index in [4.69, 9.17) is 0 Å². The molecule has 0 spiro atoms. The highest BCUT2D eigenvalue weighted by molar-refractivity contribution is 5.94. The number of anilines is 2. The molecule has 0 bridgehead atoms. The van der Waals surface area contributed by atoms with Crippen molar-refractivity contribution in [3.05, 3.63) is 41.5 Å². The Labute approximate surface area is 145 Å². The van der Waals surface area contributed by atoms with Gasteiger partial charge in [-0.3, -0.25) is 4.79 Å². The van der Waals surface area contributed by atoms with Gasteiger partial charge in [-0.05, 0) is 25.0 Å². The third kappa shape index (κ3) is 4.01. The highest BCUT2D eigenvalue weighted by Crippen LogP contribution is 2.18. The van der Waals surface area contributed by atoms with E-state index in [1.54, 1.807) is 17.0 Å². The van der Waals surface area contributed by atoms with Gasteiger partial charge < -0.3 is 15.1 Å². The Bertz CT molecular complexity index is 761. The number of aromatic nitrogens is 3. The van der Waals surface area contributed by atoms with Crippen LogP contribution < -0.4 is 15.1 Å². The standard InChI is InChI=1S/C17H21FN6O/c1-23(2)16-20-14(21-17(22-16)24-9-5-6-10-24)11-19-15(25)12-7-3-4-8-13(12)18/h3-4,7-8H,5-6,9-11H2,1-2H3,(H,19,25). The number of carbonyl (C=O) groups excluding carboxylic acids is 1. The molecule has 1 aliphatic heterocycles. The molecule has 7 nitrogen and oxygen atoms in total. The van der Waals surface area contributed by atoms with Crippen LogP contribution in [0.1, 0.15) is 29.0 Å². The first-order chi connectivity index (χ1) is 12.0. The number of hydrogen-bond acceptors (Lipinski definition) is 6. The third-order valence-electron chi connectivity index (χ3n) is 3.97. The third-order valence-corrected chi connectivity index (χ3v) is 3.97. The summed E-state index contributed by atoms with van der Waals surface area (Å²) in [5.41, 5.74) is 0.00385. The minimum Gasteiger partial charge on any atom is -0.347 e. The number of nitrogens with zero attached hydrogens (tertiary/aromatic N) is 5. The Balaban J connectivity index is 1.77. The number of amides is 1. The molecular weight excluding hydrogens is 323 g/mol. The Kier molecular flexibility index (Phi) is 5.06. The second-order valence-electron chi connectivity index (χ2n) is 6.10. The first kappa shape index (κ1) is 17.1. The molecule has 0 saturated carbocycles. The first-order valence-electron chi connectivity index (χ1n) is 8.24. The van der Waals surface area contributed by atoms with Crippen molar-refractivity contribution in [1.82, 2.24) is 20.3 Å². The summed E-state index contributed by atoms with van der Waals surface area (Å²) in [6, 6.07) is 5.87. The van der Waals surface area contributed by atoms with Crippen molar-refractivity contribution in [2.24, 2.45) is 0 Å². The fraction of sp³-hybridized carbons (Fsp3) is 0.412. The fourth-order valence-electron chi connectivity index (χ4n) is 2.63. The van der Waals surface area contributed by atoms with Crippen molar-refractivity contribution in [2.45, 2.75) is 19.4 Å². The van der Waals surface area contributed by atoms with E-state index in [1.807, 2.05) is 14.1 Å². The second-order valence-corrected chi connectivity index (χ2v) is 6.10. The SMILES string of the molecule is CN(C)c1nc(CNC(=O)c2ccccc2F)nc(N2CCCC2)n1. The Morgan fingerprint density at radius 2 is 1.92 bits per heavy atom. The number of rotatable bonds is 5. The van der Waals surface area contributed by atoms with E-state index < -0.39 is 11.7 Å². The number of halogens is 1. The maximum Gasteiger partial charge on any atom is 0.254 e. The first-order valence-corrected chi connectivity index (χ1v) is 8.24. The molecule has 1 aliphatic rings. The van der Waals surface area contributed by atoms with Crippen LogP contribution in [0.15, 0.2) is 24.3 Å². The Morgan fingerprint density at radius 1 is 1.20 bits per heavy atom. The predicted octanol–water partition coefficient (Wildman–Crippen LogP) is 1.61. The van der Waals surface area contributed by atoms with Gasteiger partial charge in [0.2, 0.25) is 11.9 Å². The maximum absolute atomic E-state index is 13.7. The van der Waals surface area contributed by atoms with E-state index in [2.05, 4.69) is 25.2 Å². The van der Waals surface area contributed by atoms with E-state index in [9.17, 15) is 9.18 Å². The molecule has 0 radical (unpaired) electrons. The zero-order valence-corrected chi connectivity index (χ0v) is 14.4. The van der Waals surface area contributed by atoms with E-state index in [1.165, 1.54) is 12.1 Å². The largest absolute Gasteiger partial charge is 0.347 e. The van der Waals surface area contributed by atoms with Crippen LogP contribution >= 0.6 is 0 Å². The quantitative estimate of drug-likeness (QED) is 0.888. The molecule has 1 N–H and O–H groups in total. The van der Waals surface area contributed by atoms with Crippen LogP contribution in [0.2, 0.25) is 0 Å². The summed E-state index contributed by atoms with van der Waals surface area (Å²) < 4.78 is 13.7. The van der Waals surface area contributed by atoms with Crippen LogP contribution in [-0.2, 0) is 6.54 Å². The summed E-state index contributed by atoms with van der Waals surface area (Å²) in [5.74, 6) is 0.554. The summed E-state index contributed by atoms with van der Waals surface area (Å²) in [4.78, 5) is 29.3. The molecule has 1 aromatic carbocycles. The molecule has 0 aliphatic carbocycles. The lowest BCUT2D eigenvalue weighted by molar-refractivity contribution is 0.0946. The molecule has 1 aromatic heterocycles. The molecule has 8 heteroatoms. The zero-order chi connectivity index (χ0) is 17.8. The van der Waals surface area contributed by atoms with Crippen LogP contribution in [0.5, 0.6) is 0 Å². The summed E-state index contributed by atoms with van der Waals surface area (Å²) in [6.45, 7) is 1.94. The van der Waals surface area contributed by atoms with Crippen LogP contribution in [0.3, 0.4) is 0 Å². The average molecular weight is 344 g/mol. The maximum atomic E-state index is 13.7. The van der Waals surface area contributed by atoms with Crippen molar-refractivity contribution < 1.29 is 9.18 Å². The lowest BCUT2D eigenvalue weighted by Crippen LogP contribution is -2.28. The second kappa shape index (κ2) is 7.42. The molecule has 1 saturated heterocycles. The van der Waals surface area contributed by atoms with Crippen molar-refractivity contribution in [3.63, 3.8) is 0 Å². The molecule has 0 unspecified atom stereocenters. The molecular formula is C17H21FN6O. The monoisotopic (exact) mass is 344 g/mol. The summed E-state index contributed by atoms with van der Waals surface area (Å²) in [6.07, 6.45) is 2.23. The van der Waals surface area contributed by atoms with E-state index >= 15 is 0 Å². The molecule has 132 valence electrons. The van der Waals surface area contributed by atoms with Crippen molar-refractivity contribution in [2.75, 3.05) is 37.0 Å². The molecule has 3 rings (SSSR count). The Morgan fingerprint density at radius 3 is 2.60 bits per heavy atom. The van der Waals surface area contributed by atoms with Gasteiger partial charge in [-0.25, -0.2) is 4.39 Å². The molecule has 2 heterocycles. The van der Waals surface area contributed by atoms with Crippen LogP contribution in [0.4, 0.5) is 16.3 Å². The fourth-order valence-corrected chi connectivity index (χ4v) is 2.63. The Hall–Kier alpha value is -2.77. The molecule has 2 aromatic rings. The number of benzene rings is 1. The molecule has 1 amide bonds. The van der Waals surface area contributed by atoms with E-state index in [0.717, 1.165) is 25.9 Å². The highest BCUT2D eigenvalue weighted by atomic mass is 19.1. The van der Waals surface area contributed by atoms with Gasteiger partial charge in [-0.15, -0.1) is 0 Å². The number of carbonyl (C=O) groups is 1. The van der Waals surface area contributed by atoms with Gasteiger partial charge in [0.05, 0.1) is 12.1 Å². The van der Waals surface area contributed by atoms with Crippen LogP contribution in [0.25, 0.3) is 0 Å². The number of nitrogens with one attached hydrogen (secondary N) is 1. The summed E-state index contributed by atoms with van der Waals surface area (Å²) in [7, 11) is 3.70. The van der Waals surface area contributed by atoms with Gasteiger partial charge in [0.25, 0.3) is 5.91 Å². The van der Waals surface area contributed by atoms with Gasteiger partial charge >= 0.3 is 0 Å². The highest BCUT2D eigenvalue weighted by Gasteiger charge is 2.18. The molecule has 1 fully saturated rings. The molecule has 25 heavy (non-hydrogen) atoms. The lowest BCUT2D eigenvalue weighted by atomic mass is 10.2. The smallest absolute Gasteiger partial charge is 0.254 e. The van der Waals surface area contributed by atoms with Gasteiger partial charge in [0, 0.05) is 27.2 Å². The molecule has 0 atom stereocenters. The van der Waals surface area contributed by atoms with Gasteiger partial charge in [-0.2, -0.15) is 15.0 Å². The van der Waals surface area contributed by atoms with E-state index in [-0.39, 0.29) is 12.1 Å². The summed E-state index contributed by atoms with van der Waals surface area (Å²) >= 11 is 0. The minimum absolute atomic E-state index is 0.00385. The van der Waals surface area contributed by atoms with Crippen molar-refractivity contribution in [1.29, 1.82) is 0 Å². The van der Waals surface area contributed by atoms with E-state index in [0.29, 0.717) is 17.7 Å². The van der Waals surface area contributed by atoms with Gasteiger partial charge in [0.1, 0.15) is 5.82 Å². The summed E-state index contributed by atoms with van der Waals surface area (Å²) in [5, 5.41) is 2.67. The normalized spacial score (nSPS) is 13.8. The van der Waals surface area contributed by atoms with Crippen molar-refractivity contribution in [3.8, 4) is 0 Å². The number of hydrogen-bond donors (Lipinski definition) is 1. The zero-order valence-electron chi connectivity index (χ0n) is 14.4. The lowest BCUT2D eigenvalue weighted by Gasteiger charge is -2.19. The minimum atomic E-state index is -0.553. The average Bonchev–Trinajstić information content (AvgIpc) is 3.14. The van der Waals surface area contributed by atoms with Gasteiger partial charge in [0.15, 0.2) is 5.82 Å². The van der Waals surface area contributed by atoms with Crippen molar-refractivity contribution >= 4 is 17.8 Å².